The average molecular weight is 304 g/mol. The molecule has 1 aromatic heterocycles. The molecular formula is C12H20N2O5S. The van der Waals surface area contributed by atoms with E-state index in [2.05, 4.69) is 0 Å². The van der Waals surface area contributed by atoms with Gasteiger partial charge in [-0.25, -0.2) is 13.6 Å². The van der Waals surface area contributed by atoms with Gasteiger partial charge in [0.05, 0.1) is 6.61 Å². The first-order chi connectivity index (χ1) is 9.31. The topological polar surface area (TPSA) is 103 Å². The summed E-state index contributed by atoms with van der Waals surface area (Å²) in [6.07, 6.45) is 0. The SMILES string of the molecule is CCOCCN(CC)C(=O)c1cc(S(N)(=O)=O)c(C)o1. The van der Waals surface area contributed by atoms with Gasteiger partial charge in [0.1, 0.15) is 10.7 Å². The van der Waals surface area contributed by atoms with Crippen molar-refractivity contribution in [2.75, 3.05) is 26.3 Å². The summed E-state index contributed by atoms with van der Waals surface area (Å²) in [5.74, 6) is -0.313. The minimum absolute atomic E-state index is 0.0372. The van der Waals surface area contributed by atoms with Crippen molar-refractivity contribution in [3.8, 4) is 0 Å². The number of ether oxygens (including phenoxy) is 1. The fourth-order valence-corrected chi connectivity index (χ4v) is 2.45. The number of hydrogen-bond donors (Lipinski definition) is 1. The third-order valence-corrected chi connectivity index (χ3v) is 3.79. The van der Waals surface area contributed by atoms with Crippen molar-refractivity contribution in [1.29, 1.82) is 0 Å². The molecule has 0 saturated heterocycles. The van der Waals surface area contributed by atoms with E-state index in [0.29, 0.717) is 26.3 Å². The van der Waals surface area contributed by atoms with Crippen LogP contribution >= 0.6 is 0 Å². The zero-order valence-electron chi connectivity index (χ0n) is 11.9. The highest BCUT2D eigenvalue weighted by Crippen LogP contribution is 2.19. The lowest BCUT2D eigenvalue weighted by Gasteiger charge is -2.19. The van der Waals surface area contributed by atoms with E-state index in [1.54, 1.807) is 0 Å². The number of hydrogen-bond acceptors (Lipinski definition) is 5. The Hall–Kier alpha value is -1.38. The number of sulfonamides is 1. The molecule has 1 heterocycles. The Morgan fingerprint density at radius 3 is 2.55 bits per heavy atom. The van der Waals surface area contributed by atoms with Gasteiger partial charge in [0.25, 0.3) is 5.91 Å². The first-order valence-corrected chi connectivity index (χ1v) is 7.86. The number of carbonyl (C=O) groups is 1. The monoisotopic (exact) mass is 304 g/mol. The van der Waals surface area contributed by atoms with Gasteiger partial charge in [0.2, 0.25) is 10.0 Å². The summed E-state index contributed by atoms with van der Waals surface area (Å²) in [5, 5.41) is 5.05. The number of aryl methyl sites for hydroxylation is 1. The maximum atomic E-state index is 12.2. The summed E-state index contributed by atoms with van der Waals surface area (Å²) in [6.45, 7) is 7.00. The Labute approximate surface area is 118 Å². The molecule has 8 heteroatoms. The van der Waals surface area contributed by atoms with E-state index in [1.807, 2.05) is 13.8 Å². The molecule has 2 N–H and O–H groups in total. The van der Waals surface area contributed by atoms with Crippen LogP contribution in [0.2, 0.25) is 0 Å². The van der Waals surface area contributed by atoms with Crippen LogP contribution in [-0.2, 0) is 14.8 Å². The maximum absolute atomic E-state index is 12.2. The van der Waals surface area contributed by atoms with Crippen LogP contribution < -0.4 is 5.14 Å². The summed E-state index contributed by atoms with van der Waals surface area (Å²) in [7, 11) is -3.89. The number of amides is 1. The molecule has 0 aromatic carbocycles. The first kappa shape index (κ1) is 16.7. The zero-order valence-corrected chi connectivity index (χ0v) is 12.7. The van der Waals surface area contributed by atoms with Crippen molar-refractivity contribution in [2.45, 2.75) is 25.7 Å². The number of nitrogens with zero attached hydrogens (tertiary/aromatic N) is 1. The van der Waals surface area contributed by atoms with Crippen molar-refractivity contribution in [3.63, 3.8) is 0 Å². The lowest BCUT2D eigenvalue weighted by Crippen LogP contribution is -2.33. The van der Waals surface area contributed by atoms with Gasteiger partial charge in [0.15, 0.2) is 5.76 Å². The molecule has 0 spiro atoms. The maximum Gasteiger partial charge on any atom is 0.289 e. The molecule has 0 radical (unpaired) electrons. The largest absolute Gasteiger partial charge is 0.455 e. The third-order valence-electron chi connectivity index (χ3n) is 2.77. The number of rotatable bonds is 7. The zero-order chi connectivity index (χ0) is 15.3. The van der Waals surface area contributed by atoms with Gasteiger partial charge in [-0.2, -0.15) is 0 Å². The Bertz CT molecular complexity index is 564. The van der Waals surface area contributed by atoms with E-state index in [0.717, 1.165) is 6.07 Å². The van der Waals surface area contributed by atoms with E-state index in [1.165, 1.54) is 11.8 Å². The van der Waals surface area contributed by atoms with Gasteiger partial charge in [-0.3, -0.25) is 4.79 Å². The molecule has 114 valence electrons. The van der Waals surface area contributed by atoms with Crippen LogP contribution in [0.25, 0.3) is 0 Å². The molecule has 1 rings (SSSR count). The van der Waals surface area contributed by atoms with Gasteiger partial charge in [-0.05, 0) is 20.8 Å². The van der Waals surface area contributed by atoms with Crippen LogP contribution in [0.5, 0.6) is 0 Å². The molecule has 0 aliphatic heterocycles. The van der Waals surface area contributed by atoms with E-state index in [4.69, 9.17) is 14.3 Å². The van der Waals surface area contributed by atoms with Gasteiger partial charge < -0.3 is 14.1 Å². The second-order valence-electron chi connectivity index (χ2n) is 4.16. The highest BCUT2D eigenvalue weighted by Gasteiger charge is 2.23. The molecule has 0 bridgehead atoms. The van der Waals surface area contributed by atoms with Crippen LogP contribution in [0, 0.1) is 6.92 Å². The predicted molar refractivity (Wildman–Crippen MR) is 72.9 cm³/mol. The smallest absolute Gasteiger partial charge is 0.289 e. The second kappa shape index (κ2) is 6.87. The summed E-state index contributed by atoms with van der Waals surface area (Å²) in [6, 6.07) is 1.16. The molecule has 0 aliphatic carbocycles. The first-order valence-electron chi connectivity index (χ1n) is 6.31. The summed E-state index contributed by atoms with van der Waals surface area (Å²) >= 11 is 0. The van der Waals surface area contributed by atoms with E-state index in [-0.39, 0.29) is 22.3 Å². The number of furan rings is 1. The fraction of sp³-hybridized carbons (Fsp3) is 0.583. The van der Waals surface area contributed by atoms with Crippen LogP contribution in [0.3, 0.4) is 0 Å². The molecule has 1 amide bonds. The van der Waals surface area contributed by atoms with Crippen molar-refractivity contribution in [2.24, 2.45) is 5.14 Å². The molecule has 0 unspecified atom stereocenters. The summed E-state index contributed by atoms with van der Waals surface area (Å²) < 4.78 is 33.0. The molecule has 0 fully saturated rings. The Morgan fingerprint density at radius 1 is 1.45 bits per heavy atom. The molecule has 7 nitrogen and oxygen atoms in total. The lowest BCUT2D eigenvalue weighted by atomic mass is 10.3. The summed E-state index contributed by atoms with van der Waals surface area (Å²) in [4.78, 5) is 13.6. The minimum atomic E-state index is -3.89. The molecule has 0 atom stereocenters. The van der Waals surface area contributed by atoms with Crippen molar-refractivity contribution >= 4 is 15.9 Å². The highest BCUT2D eigenvalue weighted by molar-refractivity contribution is 7.89. The minimum Gasteiger partial charge on any atom is -0.455 e. The highest BCUT2D eigenvalue weighted by atomic mass is 32.2. The van der Waals surface area contributed by atoms with Crippen LogP contribution in [0.1, 0.15) is 30.2 Å². The van der Waals surface area contributed by atoms with E-state index >= 15 is 0 Å². The normalized spacial score (nSPS) is 11.6. The van der Waals surface area contributed by atoms with Gasteiger partial charge in [0, 0.05) is 25.8 Å². The molecule has 20 heavy (non-hydrogen) atoms. The van der Waals surface area contributed by atoms with Crippen LogP contribution in [0.4, 0.5) is 0 Å². The van der Waals surface area contributed by atoms with Crippen molar-refractivity contribution < 1.29 is 22.4 Å². The molecule has 1 aromatic rings. The summed E-state index contributed by atoms with van der Waals surface area (Å²) in [5.41, 5.74) is 0. The number of carbonyl (C=O) groups excluding carboxylic acids is 1. The Morgan fingerprint density at radius 2 is 2.10 bits per heavy atom. The fourth-order valence-electron chi connectivity index (χ4n) is 1.73. The predicted octanol–water partition coefficient (Wildman–Crippen LogP) is 0.734. The van der Waals surface area contributed by atoms with Crippen molar-refractivity contribution in [3.05, 3.63) is 17.6 Å². The molecule has 0 saturated carbocycles. The Kier molecular flexibility index (Phi) is 5.73. The number of likely N-dealkylation sites (N-methyl/N-ethyl adjacent to an activating group) is 1. The quantitative estimate of drug-likeness (QED) is 0.748. The van der Waals surface area contributed by atoms with Gasteiger partial charge in [-0.1, -0.05) is 0 Å². The standard InChI is InChI=1S/C12H20N2O5S/c1-4-14(6-7-18-5-2)12(15)10-8-11(9(3)19-10)20(13,16)17/h8H,4-7H2,1-3H3,(H2,13,16,17). The van der Waals surface area contributed by atoms with Crippen molar-refractivity contribution in [1.82, 2.24) is 4.90 Å². The average Bonchev–Trinajstić information content (AvgIpc) is 2.76. The molecule has 0 aliphatic rings. The van der Waals surface area contributed by atoms with Crippen LogP contribution in [-0.4, -0.2) is 45.5 Å². The van der Waals surface area contributed by atoms with Gasteiger partial charge >= 0.3 is 0 Å². The number of primary sulfonamides is 1. The number of nitrogens with two attached hydrogens (primary N) is 1. The van der Waals surface area contributed by atoms with E-state index in [9.17, 15) is 13.2 Å². The molecular weight excluding hydrogens is 284 g/mol. The van der Waals surface area contributed by atoms with E-state index < -0.39 is 10.0 Å². The van der Waals surface area contributed by atoms with Gasteiger partial charge in [-0.15, -0.1) is 0 Å². The third kappa shape index (κ3) is 4.06. The Balaban J connectivity index is 2.91. The lowest BCUT2D eigenvalue weighted by molar-refractivity contribution is 0.0639. The second-order valence-corrected chi connectivity index (χ2v) is 5.69. The van der Waals surface area contributed by atoms with Crippen LogP contribution in [0.15, 0.2) is 15.4 Å².